The SMILES string of the molecule is COc1cc2c(cc1CNC1CCOCC1)O[C@H](C)C2. The predicted octanol–water partition coefficient (Wildman–Crippen LogP) is 2.29. The van der Waals surface area contributed by atoms with Crippen LogP contribution in [0, 0.1) is 0 Å². The number of fused-ring (bicyclic) bond motifs is 1. The largest absolute Gasteiger partial charge is 0.496 e. The lowest BCUT2D eigenvalue weighted by molar-refractivity contribution is 0.0775. The van der Waals surface area contributed by atoms with Gasteiger partial charge in [-0.05, 0) is 31.9 Å². The summed E-state index contributed by atoms with van der Waals surface area (Å²) in [6.45, 7) is 4.64. The first kappa shape index (κ1) is 13.7. The van der Waals surface area contributed by atoms with Gasteiger partial charge in [0.2, 0.25) is 0 Å². The molecule has 110 valence electrons. The topological polar surface area (TPSA) is 39.7 Å². The van der Waals surface area contributed by atoms with Crippen LogP contribution in [0.15, 0.2) is 12.1 Å². The summed E-state index contributed by atoms with van der Waals surface area (Å²) >= 11 is 0. The highest BCUT2D eigenvalue weighted by Crippen LogP contribution is 2.35. The minimum absolute atomic E-state index is 0.272. The zero-order valence-electron chi connectivity index (χ0n) is 12.3. The highest BCUT2D eigenvalue weighted by molar-refractivity contribution is 5.48. The maximum absolute atomic E-state index is 5.84. The van der Waals surface area contributed by atoms with Gasteiger partial charge >= 0.3 is 0 Å². The van der Waals surface area contributed by atoms with Crippen molar-refractivity contribution >= 4 is 0 Å². The second-order valence-corrected chi connectivity index (χ2v) is 5.67. The van der Waals surface area contributed by atoms with Gasteiger partial charge in [-0.3, -0.25) is 0 Å². The minimum atomic E-state index is 0.272. The van der Waals surface area contributed by atoms with Gasteiger partial charge in [-0.2, -0.15) is 0 Å². The molecule has 0 aliphatic carbocycles. The van der Waals surface area contributed by atoms with Gasteiger partial charge in [0.15, 0.2) is 0 Å². The first-order valence-electron chi connectivity index (χ1n) is 7.44. The second kappa shape index (κ2) is 6.02. The molecular formula is C16H23NO3. The second-order valence-electron chi connectivity index (χ2n) is 5.67. The molecule has 1 saturated heterocycles. The third-order valence-electron chi connectivity index (χ3n) is 4.10. The zero-order chi connectivity index (χ0) is 13.9. The molecule has 0 bridgehead atoms. The first-order chi connectivity index (χ1) is 9.76. The van der Waals surface area contributed by atoms with Crippen molar-refractivity contribution in [3.63, 3.8) is 0 Å². The lowest BCUT2D eigenvalue weighted by Gasteiger charge is -2.23. The molecule has 0 radical (unpaired) electrons. The van der Waals surface area contributed by atoms with Gasteiger partial charge in [0.1, 0.15) is 17.6 Å². The van der Waals surface area contributed by atoms with Crippen molar-refractivity contribution in [3.8, 4) is 11.5 Å². The van der Waals surface area contributed by atoms with E-state index < -0.39 is 0 Å². The number of rotatable bonds is 4. The number of nitrogens with one attached hydrogen (secondary N) is 1. The van der Waals surface area contributed by atoms with E-state index in [1.165, 1.54) is 11.1 Å². The summed E-state index contributed by atoms with van der Waals surface area (Å²) in [5.41, 5.74) is 2.43. The Morgan fingerprint density at radius 1 is 1.30 bits per heavy atom. The Hall–Kier alpha value is -1.26. The van der Waals surface area contributed by atoms with Crippen LogP contribution in [0.2, 0.25) is 0 Å². The molecule has 2 aliphatic rings. The standard InChI is InChI=1S/C16H23NO3/c1-11-7-12-8-15(18-2)13(9-16(12)20-11)10-17-14-3-5-19-6-4-14/h8-9,11,14,17H,3-7,10H2,1-2H3/t11-/m1/s1. The fourth-order valence-corrected chi connectivity index (χ4v) is 2.97. The van der Waals surface area contributed by atoms with Crippen molar-refractivity contribution in [1.29, 1.82) is 0 Å². The molecule has 2 heterocycles. The molecule has 0 spiro atoms. The van der Waals surface area contributed by atoms with Gasteiger partial charge in [0.05, 0.1) is 7.11 Å². The number of methoxy groups -OCH3 is 1. The summed E-state index contributed by atoms with van der Waals surface area (Å²) in [4.78, 5) is 0. The maximum atomic E-state index is 5.84. The van der Waals surface area contributed by atoms with Crippen molar-refractivity contribution in [2.24, 2.45) is 0 Å². The number of ether oxygens (including phenoxy) is 3. The summed E-state index contributed by atoms with van der Waals surface area (Å²) in [7, 11) is 1.74. The average Bonchev–Trinajstić information content (AvgIpc) is 2.84. The van der Waals surface area contributed by atoms with E-state index >= 15 is 0 Å². The van der Waals surface area contributed by atoms with Crippen LogP contribution >= 0.6 is 0 Å². The zero-order valence-corrected chi connectivity index (χ0v) is 12.3. The van der Waals surface area contributed by atoms with Crippen molar-refractivity contribution in [1.82, 2.24) is 5.32 Å². The first-order valence-corrected chi connectivity index (χ1v) is 7.44. The third-order valence-corrected chi connectivity index (χ3v) is 4.10. The number of benzene rings is 1. The van der Waals surface area contributed by atoms with Crippen molar-refractivity contribution in [3.05, 3.63) is 23.3 Å². The van der Waals surface area contributed by atoms with E-state index in [1.54, 1.807) is 7.11 Å². The van der Waals surface area contributed by atoms with Gasteiger partial charge in [-0.25, -0.2) is 0 Å². The van der Waals surface area contributed by atoms with Gasteiger partial charge in [0.25, 0.3) is 0 Å². The molecule has 0 saturated carbocycles. The van der Waals surface area contributed by atoms with Crippen LogP contribution in [0.3, 0.4) is 0 Å². The van der Waals surface area contributed by atoms with E-state index in [-0.39, 0.29) is 6.10 Å². The van der Waals surface area contributed by atoms with Gasteiger partial charge in [-0.15, -0.1) is 0 Å². The molecule has 4 nitrogen and oxygen atoms in total. The van der Waals surface area contributed by atoms with E-state index in [2.05, 4.69) is 24.4 Å². The fraction of sp³-hybridized carbons (Fsp3) is 0.625. The Kier molecular flexibility index (Phi) is 4.13. The Morgan fingerprint density at radius 3 is 2.85 bits per heavy atom. The number of hydrogen-bond donors (Lipinski definition) is 1. The van der Waals surface area contributed by atoms with E-state index in [1.807, 2.05) is 0 Å². The van der Waals surface area contributed by atoms with Crippen LogP contribution in [0.5, 0.6) is 11.5 Å². The van der Waals surface area contributed by atoms with Crippen molar-refractivity contribution in [2.75, 3.05) is 20.3 Å². The highest BCUT2D eigenvalue weighted by atomic mass is 16.5. The van der Waals surface area contributed by atoms with Crippen LogP contribution in [0.1, 0.15) is 30.9 Å². The van der Waals surface area contributed by atoms with Gasteiger partial charge < -0.3 is 19.5 Å². The molecule has 0 amide bonds. The maximum Gasteiger partial charge on any atom is 0.123 e. The van der Waals surface area contributed by atoms with Crippen LogP contribution < -0.4 is 14.8 Å². The summed E-state index contributed by atoms with van der Waals surface area (Å²) < 4.78 is 16.7. The Morgan fingerprint density at radius 2 is 2.10 bits per heavy atom. The molecule has 2 aliphatic heterocycles. The van der Waals surface area contributed by atoms with Crippen molar-refractivity contribution in [2.45, 2.75) is 44.9 Å². The Bertz CT molecular complexity index is 469. The molecule has 1 aromatic carbocycles. The summed E-state index contributed by atoms with van der Waals surface area (Å²) in [6.07, 6.45) is 3.41. The van der Waals surface area contributed by atoms with E-state index in [0.29, 0.717) is 6.04 Å². The average molecular weight is 277 g/mol. The lowest BCUT2D eigenvalue weighted by Crippen LogP contribution is -2.34. The van der Waals surface area contributed by atoms with Crippen LogP contribution in [0.4, 0.5) is 0 Å². The smallest absolute Gasteiger partial charge is 0.123 e. The summed E-state index contributed by atoms with van der Waals surface area (Å²) in [5, 5.41) is 3.60. The molecule has 3 rings (SSSR count). The number of hydrogen-bond acceptors (Lipinski definition) is 4. The third kappa shape index (κ3) is 2.91. The normalized spacial score (nSPS) is 22.4. The molecule has 20 heavy (non-hydrogen) atoms. The van der Waals surface area contributed by atoms with Crippen LogP contribution in [0.25, 0.3) is 0 Å². The van der Waals surface area contributed by atoms with Crippen molar-refractivity contribution < 1.29 is 14.2 Å². The molecule has 1 fully saturated rings. The van der Waals surface area contributed by atoms with Gasteiger partial charge in [-0.1, -0.05) is 0 Å². The molecule has 0 unspecified atom stereocenters. The quantitative estimate of drug-likeness (QED) is 0.916. The Labute approximate surface area is 120 Å². The van der Waals surface area contributed by atoms with Gasteiger partial charge in [0, 0.05) is 43.3 Å². The lowest BCUT2D eigenvalue weighted by atomic mass is 10.0. The van der Waals surface area contributed by atoms with E-state index in [4.69, 9.17) is 14.2 Å². The summed E-state index contributed by atoms with van der Waals surface area (Å²) in [6, 6.07) is 4.80. The minimum Gasteiger partial charge on any atom is -0.496 e. The molecule has 0 aromatic heterocycles. The van der Waals surface area contributed by atoms with E-state index in [9.17, 15) is 0 Å². The fourth-order valence-electron chi connectivity index (χ4n) is 2.97. The Balaban J connectivity index is 1.70. The molecule has 1 atom stereocenters. The molecule has 1 aromatic rings. The molecule has 4 heteroatoms. The van der Waals surface area contributed by atoms with E-state index in [0.717, 1.165) is 50.5 Å². The van der Waals surface area contributed by atoms with Crippen LogP contribution in [-0.2, 0) is 17.7 Å². The monoisotopic (exact) mass is 277 g/mol. The molecule has 1 N–H and O–H groups in total. The highest BCUT2D eigenvalue weighted by Gasteiger charge is 2.22. The molecular weight excluding hydrogens is 254 g/mol. The predicted molar refractivity (Wildman–Crippen MR) is 77.5 cm³/mol. The van der Waals surface area contributed by atoms with Crippen LogP contribution in [-0.4, -0.2) is 32.5 Å². The summed E-state index contributed by atoms with van der Waals surface area (Å²) in [5.74, 6) is 1.98.